The smallest absolute Gasteiger partial charge is 0.351 e. The van der Waals surface area contributed by atoms with Gasteiger partial charge >= 0.3 is 5.69 Å². The van der Waals surface area contributed by atoms with Gasteiger partial charge in [-0.15, -0.1) is 0 Å². The Hall–Kier alpha value is -3.02. The fourth-order valence-electron chi connectivity index (χ4n) is 2.93. The van der Waals surface area contributed by atoms with Crippen molar-refractivity contribution < 1.29 is 33.6 Å². The number of nitrogens with zero attached hydrogens (tertiary/aromatic N) is 2. The van der Waals surface area contributed by atoms with Gasteiger partial charge in [0.15, 0.2) is 29.4 Å². The highest BCUT2D eigenvalue weighted by Gasteiger charge is 2.42. The number of rotatable bonds is 5. The largest absolute Gasteiger partial charge is 0.493 e. The number of benzene rings is 1. The Labute approximate surface area is 164 Å². The fourth-order valence-corrected chi connectivity index (χ4v) is 2.93. The number of nitrogens with one attached hydrogen (secondary N) is 1. The van der Waals surface area contributed by atoms with Crippen LogP contribution in [0.4, 0.5) is 10.2 Å². The number of aliphatic hydroxyl groups is 2. The van der Waals surface area contributed by atoms with E-state index in [-0.39, 0.29) is 5.56 Å². The molecule has 0 radical (unpaired) electrons. The van der Waals surface area contributed by atoms with Gasteiger partial charge in [-0.1, -0.05) is 0 Å². The van der Waals surface area contributed by atoms with Gasteiger partial charge in [-0.25, -0.2) is 9.18 Å². The van der Waals surface area contributed by atoms with Crippen LogP contribution in [-0.4, -0.2) is 58.2 Å². The second kappa shape index (κ2) is 8.15. The molecule has 3 rings (SSSR count). The number of hydrogen-bond acceptors (Lipinski definition) is 8. The maximum absolute atomic E-state index is 14.5. The van der Waals surface area contributed by atoms with Crippen molar-refractivity contribution >= 4 is 11.7 Å². The SMILES string of the molecule is COc1ccc(C(=O)Nc2nc(=O)n([C@@H]3O[C@H](C)[C@@H](O)[C@H]3O)cc2F)cc1OC. The lowest BCUT2D eigenvalue weighted by Crippen LogP contribution is -2.36. The van der Waals surface area contributed by atoms with E-state index in [1.54, 1.807) is 0 Å². The predicted molar refractivity (Wildman–Crippen MR) is 97.6 cm³/mol. The third kappa shape index (κ3) is 3.92. The van der Waals surface area contributed by atoms with Gasteiger partial charge in [0.2, 0.25) is 0 Å². The molecule has 156 valence electrons. The van der Waals surface area contributed by atoms with E-state index in [4.69, 9.17) is 14.2 Å². The average molecular weight is 409 g/mol. The number of anilines is 1. The molecule has 3 N–H and O–H groups in total. The van der Waals surface area contributed by atoms with Crippen molar-refractivity contribution in [2.24, 2.45) is 0 Å². The summed E-state index contributed by atoms with van der Waals surface area (Å²) in [7, 11) is 2.84. The van der Waals surface area contributed by atoms with Crippen LogP contribution in [0.15, 0.2) is 29.2 Å². The minimum Gasteiger partial charge on any atom is -0.493 e. The molecule has 1 aliphatic heterocycles. The van der Waals surface area contributed by atoms with Crippen molar-refractivity contribution in [2.45, 2.75) is 31.5 Å². The van der Waals surface area contributed by atoms with Crippen LogP contribution in [-0.2, 0) is 4.74 Å². The van der Waals surface area contributed by atoms with E-state index < -0.39 is 47.8 Å². The maximum atomic E-state index is 14.5. The summed E-state index contributed by atoms with van der Waals surface area (Å²) in [4.78, 5) is 28.2. The van der Waals surface area contributed by atoms with E-state index in [2.05, 4.69) is 10.3 Å². The number of carbonyl (C=O) groups excluding carboxylic acids is 1. The van der Waals surface area contributed by atoms with E-state index in [0.29, 0.717) is 11.5 Å². The molecule has 0 saturated carbocycles. The van der Waals surface area contributed by atoms with E-state index in [9.17, 15) is 24.2 Å². The first-order chi connectivity index (χ1) is 13.8. The maximum Gasteiger partial charge on any atom is 0.351 e. The van der Waals surface area contributed by atoms with Gasteiger partial charge < -0.3 is 29.7 Å². The number of aromatic nitrogens is 2. The first-order valence-corrected chi connectivity index (χ1v) is 8.60. The molecule has 11 heteroatoms. The molecular formula is C18H20FN3O7. The van der Waals surface area contributed by atoms with Gasteiger partial charge in [0.25, 0.3) is 5.91 Å². The van der Waals surface area contributed by atoms with E-state index in [1.165, 1.54) is 39.3 Å². The lowest BCUT2D eigenvalue weighted by molar-refractivity contribution is -0.0355. The molecule has 0 spiro atoms. The monoisotopic (exact) mass is 409 g/mol. The van der Waals surface area contributed by atoms with Crippen molar-refractivity contribution in [3.63, 3.8) is 0 Å². The first kappa shape index (κ1) is 20.7. The zero-order valence-corrected chi connectivity index (χ0v) is 15.8. The number of ether oxygens (including phenoxy) is 3. The molecule has 0 bridgehead atoms. The first-order valence-electron chi connectivity index (χ1n) is 8.60. The second-order valence-electron chi connectivity index (χ2n) is 6.36. The summed E-state index contributed by atoms with van der Waals surface area (Å²) >= 11 is 0. The molecular weight excluding hydrogens is 389 g/mol. The van der Waals surface area contributed by atoms with Gasteiger partial charge in [-0.05, 0) is 25.1 Å². The molecule has 1 aromatic carbocycles. The highest BCUT2D eigenvalue weighted by Crippen LogP contribution is 2.29. The average Bonchev–Trinajstić information content (AvgIpc) is 2.96. The molecule has 4 atom stereocenters. The molecule has 2 heterocycles. The molecule has 29 heavy (non-hydrogen) atoms. The minimum atomic E-state index is -1.43. The molecule has 1 amide bonds. The van der Waals surface area contributed by atoms with E-state index in [0.717, 1.165) is 10.8 Å². The quantitative estimate of drug-likeness (QED) is 0.642. The lowest BCUT2D eigenvalue weighted by atomic mass is 10.1. The van der Waals surface area contributed by atoms with Gasteiger partial charge in [0, 0.05) is 5.56 Å². The van der Waals surface area contributed by atoms with Crippen molar-refractivity contribution in [1.29, 1.82) is 0 Å². The molecule has 1 aromatic heterocycles. The van der Waals surface area contributed by atoms with Crippen molar-refractivity contribution in [3.05, 3.63) is 46.3 Å². The highest BCUT2D eigenvalue weighted by atomic mass is 19.1. The molecule has 2 aromatic rings. The predicted octanol–water partition coefficient (Wildman–Crippen LogP) is 0.291. The highest BCUT2D eigenvalue weighted by molar-refractivity contribution is 6.04. The van der Waals surface area contributed by atoms with Crippen molar-refractivity contribution in [3.8, 4) is 11.5 Å². The number of amides is 1. The standard InChI is InChI=1S/C18H20FN3O7/c1-8-13(23)14(24)17(29-8)22-7-10(19)15(21-18(22)26)20-16(25)9-4-5-11(27-2)12(6-9)28-3/h4-8,13-14,17,23-24H,1-3H3,(H,20,21,25,26)/t8-,13-,14-,17-/m1/s1. The van der Waals surface area contributed by atoms with Gasteiger partial charge in [-0.2, -0.15) is 4.98 Å². The Morgan fingerprint density at radius 1 is 1.24 bits per heavy atom. The summed E-state index contributed by atoms with van der Waals surface area (Å²) in [5.74, 6) is -1.64. The minimum absolute atomic E-state index is 0.125. The Kier molecular flexibility index (Phi) is 5.82. The fraction of sp³-hybridized carbons (Fsp3) is 0.389. The number of halogens is 1. The summed E-state index contributed by atoms with van der Waals surface area (Å²) in [5, 5.41) is 21.9. The second-order valence-corrected chi connectivity index (χ2v) is 6.36. The van der Waals surface area contributed by atoms with Gasteiger partial charge in [-0.3, -0.25) is 9.36 Å². The molecule has 0 unspecified atom stereocenters. The van der Waals surface area contributed by atoms with Crippen LogP contribution in [0, 0.1) is 5.82 Å². The van der Waals surface area contributed by atoms with Crippen molar-refractivity contribution in [2.75, 3.05) is 19.5 Å². The molecule has 10 nitrogen and oxygen atoms in total. The Morgan fingerprint density at radius 3 is 2.52 bits per heavy atom. The summed E-state index contributed by atoms with van der Waals surface area (Å²) in [6.45, 7) is 1.50. The van der Waals surface area contributed by atoms with E-state index in [1.807, 2.05) is 0 Å². The van der Waals surface area contributed by atoms with E-state index >= 15 is 0 Å². The molecule has 1 saturated heterocycles. The normalized spacial score (nSPS) is 23.7. The lowest BCUT2D eigenvalue weighted by Gasteiger charge is -2.17. The van der Waals surface area contributed by atoms with Crippen molar-refractivity contribution in [1.82, 2.24) is 9.55 Å². The van der Waals surface area contributed by atoms with Gasteiger partial charge in [0.1, 0.15) is 12.2 Å². The summed E-state index contributed by atoms with van der Waals surface area (Å²) in [5.41, 5.74) is -0.848. The van der Waals surface area contributed by atoms with Crippen LogP contribution < -0.4 is 20.5 Å². The summed E-state index contributed by atoms with van der Waals surface area (Å²) in [6, 6.07) is 4.32. The Bertz CT molecular complexity index is 980. The third-order valence-electron chi connectivity index (χ3n) is 4.54. The number of carbonyl (C=O) groups is 1. The zero-order chi connectivity index (χ0) is 21.3. The number of aliphatic hydroxyl groups excluding tert-OH is 2. The topological polar surface area (TPSA) is 132 Å². The Balaban J connectivity index is 1.85. The molecule has 1 fully saturated rings. The molecule has 1 aliphatic rings. The van der Waals surface area contributed by atoms with Crippen LogP contribution in [0.2, 0.25) is 0 Å². The van der Waals surface area contributed by atoms with Crippen LogP contribution in [0.3, 0.4) is 0 Å². The van der Waals surface area contributed by atoms with Gasteiger partial charge in [0.05, 0.1) is 26.5 Å². The Morgan fingerprint density at radius 2 is 1.93 bits per heavy atom. The van der Waals surface area contributed by atoms with Crippen LogP contribution in [0.5, 0.6) is 11.5 Å². The third-order valence-corrected chi connectivity index (χ3v) is 4.54. The number of hydrogen-bond donors (Lipinski definition) is 3. The molecule has 0 aliphatic carbocycles. The van der Waals surface area contributed by atoms with Crippen LogP contribution >= 0.6 is 0 Å². The van der Waals surface area contributed by atoms with Crippen LogP contribution in [0.25, 0.3) is 0 Å². The summed E-state index contributed by atoms with van der Waals surface area (Å²) < 4.78 is 30.7. The van der Waals surface area contributed by atoms with Crippen LogP contribution in [0.1, 0.15) is 23.5 Å². The number of methoxy groups -OCH3 is 2. The zero-order valence-electron chi connectivity index (χ0n) is 15.8. The summed E-state index contributed by atoms with van der Waals surface area (Å²) in [6.07, 6.45) is -3.98.